The van der Waals surface area contributed by atoms with E-state index >= 15 is 0 Å². The number of halogens is 1. The summed E-state index contributed by atoms with van der Waals surface area (Å²) in [6.45, 7) is 3.49. The normalized spacial score (nSPS) is 15.4. The van der Waals surface area contributed by atoms with Crippen LogP contribution >= 0.6 is 11.6 Å². The molecule has 0 unspecified atom stereocenters. The molecule has 0 radical (unpaired) electrons. The maximum absolute atomic E-state index is 12.4. The van der Waals surface area contributed by atoms with Crippen LogP contribution in [0.25, 0.3) is 0 Å². The predicted molar refractivity (Wildman–Crippen MR) is 119 cm³/mol. The van der Waals surface area contributed by atoms with Gasteiger partial charge in [-0.1, -0.05) is 17.7 Å². The molecule has 1 aliphatic heterocycles. The zero-order valence-electron chi connectivity index (χ0n) is 17.7. The van der Waals surface area contributed by atoms with Crippen LogP contribution in [0.5, 0.6) is 0 Å². The predicted octanol–water partition coefficient (Wildman–Crippen LogP) is 3.36. The summed E-state index contributed by atoms with van der Waals surface area (Å²) in [6, 6.07) is 11.4. The lowest BCUT2D eigenvalue weighted by atomic mass is 10.1. The molecular weight excluding hydrogens is 436 g/mol. The van der Waals surface area contributed by atoms with Crippen molar-refractivity contribution in [2.45, 2.75) is 20.3 Å². The quantitative estimate of drug-likeness (QED) is 0.638. The van der Waals surface area contributed by atoms with Gasteiger partial charge in [-0.05, 0) is 55.8 Å². The number of carbonyl (C=O) groups excluding carboxylic acids is 4. The number of esters is 2. The summed E-state index contributed by atoms with van der Waals surface area (Å²) in [4.78, 5) is 50.0. The van der Waals surface area contributed by atoms with Gasteiger partial charge in [0.1, 0.15) is 0 Å². The minimum Gasteiger partial charge on any atom is -0.462 e. The van der Waals surface area contributed by atoms with Crippen molar-refractivity contribution >= 4 is 46.7 Å². The highest BCUT2D eigenvalue weighted by atomic mass is 35.5. The van der Waals surface area contributed by atoms with Gasteiger partial charge in [-0.25, -0.2) is 4.79 Å². The van der Waals surface area contributed by atoms with Gasteiger partial charge in [-0.15, -0.1) is 0 Å². The van der Waals surface area contributed by atoms with Crippen molar-refractivity contribution in [3.63, 3.8) is 0 Å². The molecule has 8 nitrogen and oxygen atoms in total. The van der Waals surface area contributed by atoms with E-state index < -0.39 is 30.4 Å². The average Bonchev–Trinajstić information content (AvgIpc) is 3.16. The van der Waals surface area contributed by atoms with E-state index in [4.69, 9.17) is 21.1 Å². The van der Waals surface area contributed by atoms with E-state index in [0.717, 1.165) is 5.56 Å². The van der Waals surface area contributed by atoms with Crippen LogP contribution in [0.3, 0.4) is 0 Å². The van der Waals surface area contributed by atoms with Crippen molar-refractivity contribution < 1.29 is 28.7 Å². The lowest BCUT2D eigenvalue weighted by Crippen LogP contribution is -2.28. The number of nitrogens with zero attached hydrogens (tertiary/aromatic N) is 1. The number of anilines is 2. The van der Waals surface area contributed by atoms with Crippen molar-refractivity contribution in [2.75, 3.05) is 30.0 Å². The number of rotatable bonds is 7. The third kappa shape index (κ3) is 5.64. The number of nitrogens with one attached hydrogen (secondary N) is 1. The van der Waals surface area contributed by atoms with Crippen molar-refractivity contribution in [1.82, 2.24) is 0 Å². The van der Waals surface area contributed by atoms with Gasteiger partial charge in [-0.3, -0.25) is 14.4 Å². The van der Waals surface area contributed by atoms with E-state index in [2.05, 4.69) is 5.32 Å². The summed E-state index contributed by atoms with van der Waals surface area (Å²) in [7, 11) is 0. The minimum absolute atomic E-state index is 0.0202. The van der Waals surface area contributed by atoms with Crippen LogP contribution < -0.4 is 10.2 Å². The second-order valence-corrected chi connectivity index (χ2v) is 7.70. The number of amides is 2. The molecule has 9 heteroatoms. The van der Waals surface area contributed by atoms with Gasteiger partial charge in [0.05, 0.1) is 18.1 Å². The Labute approximate surface area is 190 Å². The highest BCUT2D eigenvalue weighted by Gasteiger charge is 2.36. The molecule has 1 heterocycles. The Morgan fingerprint density at radius 2 is 1.84 bits per heavy atom. The fourth-order valence-corrected chi connectivity index (χ4v) is 3.41. The first kappa shape index (κ1) is 23.3. The summed E-state index contributed by atoms with van der Waals surface area (Å²) >= 11 is 6.03. The molecule has 2 amide bonds. The Balaban J connectivity index is 1.52. The molecule has 1 N–H and O–H groups in total. The molecular formula is C23H23ClN2O6. The van der Waals surface area contributed by atoms with Crippen molar-refractivity contribution in [3.8, 4) is 0 Å². The molecule has 32 heavy (non-hydrogen) atoms. The fraction of sp³-hybridized carbons (Fsp3) is 0.304. The van der Waals surface area contributed by atoms with Crippen LogP contribution in [0.15, 0.2) is 42.5 Å². The first-order valence-corrected chi connectivity index (χ1v) is 10.5. The SMILES string of the molecule is CCOC(=O)c1ccc(N2C[C@@H](C(=O)OCC(=O)Nc3ccc(C)c(Cl)c3)CC2=O)cc1. The maximum Gasteiger partial charge on any atom is 0.338 e. The molecule has 1 saturated heterocycles. The Bertz CT molecular complexity index is 1040. The Morgan fingerprint density at radius 1 is 1.12 bits per heavy atom. The molecule has 2 aromatic carbocycles. The van der Waals surface area contributed by atoms with E-state index in [0.29, 0.717) is 22.0 Å². The lowest BCUT2D eigenvalue weighted by molar-refractivity contribution is -0.151. The highest BCUT2D eigenvalue weighted by Crippen LogP contribution is 2.26. The van der Waals surface area contributed by atoms with E-state index in [9.17, 15) is 19.2 Å². The first-order chi connectivity index (χ1) is 15.3. The molecule has 3 rings (SSSR count). The molecule has 168 valence electrons. The zero-order valence-corrected chi connectivity index (χ0v) is 18.5. The first-order valence-electron chi connectivity index (χ1n) is 10.1. The van der Waals surface area contributed by atoms with E-state index in [1.165, 1.54) is 4.90 Å². The molecule has 0 aliphatic carbocycles. The van der Waals surface area contributed by atoms with Crippen LogP contribution in [0.2, 0.25) is 5.02 Å². The number of hydrogen-bond acceptors (Lipinski definition) is 6. The lowest BCUT2D eigenvalue weighted by Gasteiger charge is -2.17. The average molecular weight is 459 g/mol. The third-order valence-electron chi connectivity index (χ3n) is 4.95. The molecule has 0 saturated carbocycles. The number of hydrogen-bond donors (Lipinski definition) is 1. The number of carbonyl (C=O) groups is 4. The van der Waals surface area contributed by atoms with Gasteiger partial charge >= 0.3 is 11.9 Å². The van der Waals surface area contributed by atoms with Crippen LogP contribution in [0, 0.1) is 12.8 Å². The van der Waals surface area contributed by atoms with Gasteiger partial charge < -0.3 is 19.7 Å². The van der Waals surface area contributed by atoms with E-state index in [1.807, 2.05) is 6.92 Å². The van der Waals surface area contributed by atoms with E-state index in [-0.39, 0.29) is 25.5 Å². The van der Waals surface area contributed by atoms with Gasteiger partial charge in [0.2, 0.25) is 5.91 Å². The van der Waals surface area contributed by atoms with Crippen molar-refractivity contribution in [3.05, 3.63) is 58.6 Å². The highest BCUT2D eigenvalue weighted by molar-refractivity contribution is 6.31. The van der Waals surface area contributed by atoms with Crippen LogP contribution in [-0.4, -0.2) is 43.5 Å². The van der Waals surface area contributed by atoms with Gasteiger partial charge in [-0.2, -0.15) is 0 Å². The molecule has 1 fully saturated rings. The van der Waals surface area contributed by atoms with Crippen molar-refractivity contribution in [2.24, 2.45) is 5.92 Å². The minimum atomic E-state index is -0.686. The second-order valence-electron chi connectivity index (χ2n) is 7.29. The number of aryl methyl sites for hydroxylation is 1. The third-order valence-corrected chi connectivity index (χ3v) is 5.36. The molecule has 1 atom stereocenters. The molecule has 0 bridgehead atoms. The fourth-order valence-electron chi connectivity index (χ4n) is 3.23. The molecule has 0 spiro atoms. The maximum atomic E-state index is 12.4. The standard InChI is InChI=1S/C23H23ClN2O6/c1-3-31-22(29)15-5-8-18(9-6-15)26-12-16(10-21(26)28)23(30)32-13-20(27)25-17-7-4-14(2)19(24)11-17/h4-9,11,16H,3,10,12-13H2,1-2H3,(H,25,27)/t16-/m0/s1. The summed E-state index contributed by atoms with van der Waals surface area (Å²) < 4.78 is 10.0. The topological polar surface area (TPSA) is 102 Å². The van der Waals surface area contributed by atoms with Gasteiger partial charge in [0.25, 0.3) is 5.91 Å². The van der Waals surface area contributed by atoms with Crippen LogP contribution in [0.1, 0.15) is 29.3 Å². The molecule has 1 aliphatic rings. The Hall–Kier alpha value is -3.39. The monoisotopic (exact) mass is 458 g/mol. The van der Waals surface area contributed by atoms with Crippen LogP contribution in [-0.2, 0) is 23.9 Å². The number of benzene rings is 2. The van der Waals surface area contributed by atoms with Crippen molar-refractivity contribution in [1.29, 1.82) is 0 Å². The molecule has 2 aromatic rings. The largest absolute Gasteiger partial charge is 0.462 e. The van der Waals surface area contributed by atoms with E-state index in [1.54, 1.807) is 49.4 Å². The number of ether oxygens (including phenoxy) is 2. The second kappa shape index (κ2) is 10.3. The summed E-state index contributed by atoms with van der Waals surface area (Å²) in [6.07, 6.45) is -0.0202. The molecule has 0 aromatic heterocycles. The summed E-state index contributed by atoms with van der Waals surface area (Å²) in [5, 5.41) is 3.12. The van der Waals surface area contributed by atoms with Gasteiger partial charge in [0, 0.05) is 29.4 Å². The van der Waals surface area contributed by atoms with Crippen LogP contribution in [0.4, 0.5) is 11.4 Å². The summed E-state index contributed by atoms with van der Waals surface area (Å²) in [5.41, 5.74) is 2.31. The Kier molecular flexibility index (Phi) is 7.48. The summed E-state index contributed by atoms with van der Waals surface area (Å²) in [5.74, 6) is -2.50. The van der Waals surface area contributed by atoms with Gasteiger partial charge in [0.15, 0.2) is 6.61 Å². The Morgan fingerprint density at radius 3 is 2.50 bits per heavy atom. The smallest absolute Gasteiger partial charge is 0.338 e. The zero-order chi connectivity index (χ0) is 23.3.